The molecular weight excluding hydrogens is 339 g/mol. The van der Waals surface area contributed by atoms with Crippen LogP contribution in [0.1, 0.15) is 43.6 Å². The van der Waals surface area contributed by atoms with E-state index in [1.165, 1.54) is 7.11 Å². The van der Waals surface area contributed by atoms with Gasteiger partial charge in [0.1, 0.15) is 0 Å². The molecule has 1 aliphatic heterocycles. The highest BCUT2D eigenvalue weighted by molar-refractivity contribution is 7.80. The van der Waals surface area contributed by atoms with Crippen molar-refractivity contribution in [3.63, 3.8) is 0 Å². The largest absolute Gasteiger partial charge is 0.493 e. The van der Waals surface area contributed by atoms with Crippen molar-refractivity contribution in [1.29, 1.82) is 0 Å². The van der Waals surface area contributed by atoms with Gasteiger partial charge in [0.2, 0.25) is 0 Å². The van der Waals surface area contributed by atoms with Gasteiger partial charge in [-0.25, -0.2) is 0 Å². The highest BCUT2D eigenvalue weighted by Crippen LogP contribution is 2.39. The lowest BCUT2D eigenvalue weighted by atomic mass is 9.78. The van der Waals surface area contributed by atoms with Crippen molar-refractivity contribution >= 4 is 32.1 Å². The summed E-state index contributed by atoms with van der Waals surface area (Å²) in [5.74, 6) is 1.49. The quantitative estimate of drug-likeness (QED) is 0.476. The topological polar surface area (TPSA) is 54.0 Å². The zero-order chi connectivity index (χ0) is 18.8. The van der Waals surface area contributed by atoms with Crippen molar-refractivity contribution in [2.45, 2.75) is 38.9 Å². The van der Waals surface area contributed by atoms with Crippen LogP contribution in [0.4, 0.5) is 0 Å². The third-order valence-corrected chi connectivity index (χ3v) is 5.16. The van der Waals surface area contributed by atoms with Crippen LogP contribution in [-0.2, 0) is 9.31 Å². The molecule has 0 aromatic heterocycles. The fraction of sp³-hybridized carbons (Fsp3) is 0.500. The summed E-state index contributed by atoms with van der Waals surface area (Å²) in [5.41, 5.74) is 1.15. The van der Waals surface area contributed by atoms with E-state index >= 15 is 0 Å². The lowest BCUT2D eigenvalue weighted by Crippen LogP contribution is -2.41. The number of methoxy groups -OCH3 is 2. The molecule has 7 heteroatoms. The van der Waals surface area contributed by atoms with Gasteiger partial charge < -0.3 is 18.8 Å². The predicted molar refractivity (Wildman–Crippen MR) is 103 cm³/mol. The molecule has 0 unspecified atom stereocenters. The van der Waals surface area contributed by atoms with E-state index in [9.17, 15) is 4.79 Å². The van der Waals surface area contributed by atoms with E-state index in [0.717, 1.165) is 11.8 Å². The summed E-state index contributed by atoms with van der Waals surface area (Å²) in [5, 5.41) is 0. The lowest BCUT2D eigenvalue weighted by molar-refractivity contribution is 0.00578. The SMILES string of the molecule is COc1cc(C=O)c(C=C(CS)B2OC(C)(C)C(C)(C)O2)cc1OC. The highest BCUT2D eigenvalue weighted by atomic mass is 32.1. The van der Waals surface area contributed by atoms with Gasteiger partial charge in [-0.05, 0) is 50.9 Å². The maximum Gasteiger partial charge on any atom is 0.491 e. The average Bonchev–Trinajstić information content (AvgIpc) is 2.79. The summed E-state index contributed by atoms with van der Waals surface area (Å²) in [7, 11) is 2.57. The minimum Gasteiger partial charge on any atom is -0.493 e. The summed E-state index contributed by atoms with van der Waals surface area (Å²) in [6, 6.07) is 3.41. The Balaban J connectivity index is 2.45. The van der Waals surface area contributed by atoms with E-state index in [4.69, 9.17) is 18.8 Å². The first-order valence-electron chi connectivity index (χ1n) is 8.07. The Hall–Kier alpha value is -1.44. The second-order valence-electron chi connectivity index (χ2n) is 6.92. The summed E-state index contributed by atoms with van der Waals surface area (Å²) in [6.07, 6.45) is 2.65. The molecule has 1 aromatic carbocycles. The van der Waals surface area contributed by atoms with E-state index in [2.05, 4.69) is 12.6 Å². The molecule has 0 spiro atoms. The number of rotatable bonds is 6. The fourth-order valence-corrected chi connectivity index (χ4v) is 2.76. The molecule has 0 saturated carbocycles. The first kappa shape index (κ1) is 19.9. The van der Waals surface area contributed by atoms with Gasteiger partial charge in [-0.15, -0.1) is 0 Å². The molecule has 1 aliphatic rings. The normalized spacial score (nSPS) is 19.0. The Morgan fingerprint density at radius 2 is 1.56 bits per heavy atom. The molecule has 0 amide bonds. The van der Waals surface area contributed by atoms with E-state index in [1.54, 1.807) is 19.2 Å². The molecule has 1 heterocycles. The first-order valence-corrected chi connectivity index (χ1v) is 8.70. The molecule has 1 fully saturated rings. The second kappa shape index (κ2) is 7.44. The van der Waals surface area contributed by atoms with Gasteiger partial charge in [0.05, 0.1) is 25.4 Å². The molecule has 25 heavy (non-hydrogen) atoms. The number of benzene rings is 1. The van der Waals surface area contributed by atoms with E-state index in [-0.39, 0.29) is 0 Å². The van der Waals surface area contributed by atoms with Gasteiger partial charge in [-0.1, -0.05) is 6.08 Å². The van der Waals surface area contributed by atoms with Crippen LogP contribution in [-0.4, -0.2) is 44.6 Å². The molecule has 136 valence electrons. The summed E-state index contributed by atoms with van der Waals surface area (Å²) >= 11 is 4.41. The molecule has 0 aliphatic carbocycles. The molecule has 1 aromatic rings. The molecule has 5 nitrogen and oxygen atoms in total. The maximum atomic E-state index is 11.5. The number of aldehydes is 1. The van der Waals surface area contributed by atoms with Crippen LogP contribution < -0.4 is 9.47 Å². The highest BCUT2D eigenvalue weighted by Gasteiger charge is 2.52. The standard InChI is InChI=1S/C18H25BO5S/c1-17(2)18(3,4)24-19(23-17)14(11-25)7-12-8-15(21-5)16(22-6)9-13(12)10-20/h7-10,25H,11H2,1-6H3. The van der Waals surface area contributed by atoms with E-state index in [0.29, 0.717) is 28.4 Å². The van der Waals surface area contributed by atoms with Gasteiger partial charge in [0, 0.05) is 11.3 Å². The predicted octanol–water partition coefficient (Wildman–Crippen LogP) is 3.46. The van der Waals surface area contributed by atoms with Gasteiger partial charge in [0.25, 0.3) is 0 Å². The molecular formula is C18H25BO5S. The number of hydrogen-bond acceptors (Lipinski definition) is 6. The number of carbonyl (C=O) groups excluding carboxylic acids is 1. The van der Waals surface area contributed by atoms with Crippen molar-refractivity contribution in [3.05, 3.63) is 28.7 Å². The van der Waals surface area contributed by atoms with Crippen LogP contribution in [0.2, 0.25) is 0 Å². The zero-order valence-corrected chi connectivity index (χ0v) is 16.5. The van der Waals surface area contributed by atoms with E-state index < -0.39 is 18.3 Å². The van der Waals surface area contributed by atoms with Crippen molar-refractivity contribution < 1.29 is 23.6 Å². The Labute approximate surface area is 155 Å². The third-order valence-electron chi connectivity index (χ3n) is 4.80. The Bertz CT molecular complexity index is 668. The van der Waals surface area contributed by atoms with Gasteiger partial charge in [-0.2, -0.15) is 12.6 Å². The van der Waals surface area contributed by atoms with Crippen LogP contribution in [0, 0.1) is 0 Å². The number of thiol groups is 1. The first-order chi connectivity index (χ1) is 11.7. The van der Waals surface area contributed by atoms with Crippen LogP contribution in [0.3, 0.4) is 0 Å². The Kier molecular flexibility index (Phi) is 5.91. The van der Waals surface area contributed by atoms with Crippen molar-refractivity contribution in [2.24, 2.45) is 0 Å². The third kappa shape index (κ3) is 3.88. The monoisotopic (exact) mass is 364 g/mol. The summed E-state index contributed by atoms with van der Waals surface area (Å²) in [4.78, 5) is 11.5. The Morgan fingerprint density at radius 3 is 1.96 bits per heavy atom. The van der Waals surface area contributed by atoms with Crippen molar-refractivity contribution in [2.75, 3.05) is 20.0 Å². The Morgan fingerprint density at radius 1 is 1.08 bits per heavy atom. The number of hydrogen-bond donors (Lipinski definition) is 1. The van der Waals surface area contributed by atoms with Crippen LogP contribution in [0.5, 0.6) is 11.5 Å². The smallest absolute Gasteiger partial charge is 0.491 e. The van der Waals surface area contributed by atoms with Crippen molar-refractivity contribution in [3.8, 4) is 11.5 Å². The van der Waals surface area contributed by atoms with Crippen LogP contribution in [0.15, 0.2) is 17.6 Å². The second-order valence-corrected chi connectivity index (χ2v) is 7.24. The minimum absolute atomic E-state index is 0.434. The molecule has 0 bridgehead atoms. The molecule has 0 atom stereocenters. The van der Waals surface area contributed by atoms with Gasteiger partial charge in [0.15, 0.2) is 17.8 Å². The lowest BCUT2D eigenvalue weighted by Gasteiger charge is -2.32. The average molecular weight is 364 g/mol. The maximum absolute atomic E-state index is 11.5. The fourth-order valence-electron chi connectivity index (χ4n) is 2.52. The molecule has 0 radical (unpaired) electrons. The van der Waals surface area contributed by atoms with E-state index in [1.807, 2.05) is 33.8 Å². The summed E-state index contributed by atoms with van der Waals surface area (Å²) in [6.45, 7) is 7.99. The molecule has 2 rings (SSSR count). The zero-order valence-electron chi connectivity index (χ0n) is 15.6. The van der Waals surface area contributed by atoms with Gasteiger partial charge in [-0.3, -0.25) is 4.79 Å². The van der Waals surface area contributed by atoms with Crippen LogP contribution >= 0.6 is 12.6 Å². The van der Waals surface area contributed by atoms with Crippen LogP contribution in [0.25, 0.3) is 6.08 Å². The van der Waals surface area contributed by atoms with Gasteiger partial charge >= 0.3 is 7.12 Å². The van der Waals surface area contributed by atoms with Crippen molar-refractivity contribution in [1.82, 2.24) is 0 Å². The number of carbonyl (C=O) groups is 1. The molecule has 1 saturated heterocycles. The number of ether oxygens (including phenoxy) is 2. The summed E-state index contributed by atoms with van der Waals surface area (Å²) < 4.78 is 22.7. The minimum atomic E-state index is -0.518. The molecule has 0 N–H and O–H groups in total.